The van der Waals surface area contributed by atoms with Crippen molar-refractivity contribution in [2.24, 2.45) is 0 Å². The first-order valence-electron chi connectivity index (χ1n) is 5.98. The number of nitrogens with zero attached hydrogens (tertiary/aromatic N) is 4. The summed E-state index contributed by atoms with van der Waals surface area (Å²) in [4.78, 5) is 0. The van der Waals surface area contributed by atoms with E-state index in [-0.39, 0.29) is 5.54 Å². The summed E-state index contributed by atoms with van der Waals surface area (Å²) >= 11 is 3.44. The highest BCUT2D eigenvalue weighted by Gasteiger charge is 2.23. The molecular weight excluding hydrogens is 304 g/mol. The van der Waals surface area contributed by atoms with E-state index in [4.69, 9.17) is 5.26 Å². The third-order valence-electron chi connectivity index (χ3n) is 2.79. The Balaban J connectivity index is 2.56. The number of aromatic nitrogens is 3. The third-order valence-corrected chi connectivity index (χ3v) is 3.29. The molecule has 5 heteroatoms. The summed E-state index contributed by atoms with van der Waals surface area (Å²) in [6.45, 7) is 6.36. The Hall–Kier alpha value is -1.67. The van der Waals surface area contributed by atoms with E-state index < -0.39 is 0 Å². The average Bonchev–Trinajstić information content (AvgIpc) is 2.82. The highest BCUT2D eigenvalue weighted by atomic mass is 79.9. The molecule has 2 aromatic rings. The second-order valence-electron chi connectivity index (χ2n) is 5.27. The molecule has 0 spiro atoms. The highest BCUT2D eigenvalue weighted by molar-refractivity contribution is 9.08. The van der Waals surface area contributed by atoms with E-state index in [1.54, 1.807) is 12.1 Å². The fourth-order valence-electron chi connectivity index (χ4n) is 1.99. The van der Waals surface area contributed by atoms with Crippen molar-refractivity contribution < 1.29 is 0 Å². The molecule has 0 N–H and O–H groups in total. The second kappa shape index (κ2) is 5.14. The first-order chi connectivity index (χ1) is 8.97. The van der Waals surface area contributed by atoms with Gasteiger partial charge >= 0.3 is 0 Å². The molecule has 0 aliphatic carbocycles. The summed E-state index contributed by atoms with van der Waals surface area (Å²) < 4.78 is 2.11. The zero-order chi connectivity index (χ0) is 14.0. The molecule has 19 heavy (non-hydrogen) atoms. The lowest BCUT2D eigenvalue weighted by Gasteiger charge is -2.24. The number of alkyl halides is 1. The summed E-state index contributed by atoms with van der Waals surface area (Å²) in [6, 6.07) is 9.52. The number of hydrogen-bond donors (Lipinski definition) is 0. The predicted molar refractivity (Wildman–Crippen MR) is 77.8 cm³/mol. The van der Waals surface area contributed by atoms with Crippen LogP contribution in [-0.4, -0.2) is 14.8 Å². The van der Waals surface area contributed by atoms with Gasteiger partial charge in [0.2, 0.25) is 0 Å². The molecule has 1 aromatic heterocycles. The summed E-state index contributed by atoms with van der Waals surface area (Å²) in [7, 11) is 0. The van der Waals surface area contributed by atoms with E-state index in [1.165, 1.54) is 0 Å². The second-order valence-corrected chi connectivity index (χ2v) is 5.83. The number of rotatable bonds is 2. The Labute approximate surface area is 121 Å². The molecule has 0 aliphatic rings. The van der Waals surface area contributed by atoms with Gasteiger partial charge < -0.3 is 4.57 Å². The van der Waals surface area contributed by atoms with Crippen molar-refractivity contribution in [3.63, 3.8) is 0 Å². The molecular formula is C14H15BrN4. The monoisotopic (exact) mass is 318 g/mol. The molecule has 0 saturated heterocycles. The highest BCUT2D eigenvalue weighted by Crippen LogP contribution is 2.27. The van der Waals surface area contributed by atoms with Crippen LogP contribution in [0.15, 0.2) is 24.3 Å². The van der Waals surface area contributed by atoms with E-state index in [1.807, 2.05) is 12.1 Å². The summed E-state index contributed by atoms with van der Waals surface area (Å²) in [5, 5.41) is 18.0. The molecule has 0 unspecified atom stereocenters. The molecule has 0 fully saturated rings. The van der Waals surface area contributed by atoms with Crippen LogP contribution in [0, 0.1) is 11.3 Å². The van der Waals surface area contributed by atoms with E-state index >= 15 is 0 Å². The Morgan fingerprint density at radius 1 is 1.21 bits per heavy atom. The van der Waals surface area contributed by atoms with Crippen LogP contribution in [0.3, 0.4) is 0 Å². The quantitative estimate of drug-likeness (QED) is 0.797. The van der Waals surface area contributed by atoms with E-state index in [0.29, 0.717) is 10.9 Å². The van der Waals surface area contributed by atoms with Crippen LogP contribution < -0.4 is 0 Å². The molecule has 0 aliphatic heterocycles. The van der Waals surface area contributed by atoms with Gasteiger partial charge in [0, 0.05) is 11.1 Å². The van der Waals surface area contributed by atoms with E-state index in [2.05, 4.69) is 57.5 Å². The summed E-state index contributed by atoms with van der Waals surface area (Å²) in [6.07, 6.45) is 0. The van der Waals surface area contributed by atoms with Gasteiger partial charge in [-0.25, -0.2) is 0 Å². The Kier molecular flexibility index (Phi) is 3.72. The van der Waals surface area contributed by atoms with Gasteiger partial charge in [0.05, 0.1) is 17.0 Å². The fourth-order valence-corrected chi connectivity index (χ4v) is 2.35. The Bertz CT molecular complexity index is 614. The molecule has 1 heterocycles. The van der Waals surface area contributed by atoms with Crippen molar-refractivity contribution >= 4 is 15.9 Å². The van der Waals surface area contributed by atoms with Gasteiger partial charge in [0.25, 0.3) is 0 Å². The molecule has 2 rings (SSSR count). The molecule has 1 aromatic carbocycles. The lowest BCUT2D eigenvalue weighted by Crippen LogP contribution is -2.24. The van der Waals surface area contributed by atoms with Crippen LogP contribution in [0.5, 0.6) is 0 Å². The molecule has 98 valence electrons. The molecule has 0 atom stereocenters. The normalized spacial score (nSPS) is 11.3. The van der Waals surface area contributed by atoms with E-state index in [9.17, 15) is 0 Å². The van der Waals surface area contributed by atoms with Gasteiger partial charge in [0.15, 0.2) is 5.82 Å². The van der Waals surface area contributed by atoms with Crippen molar-refractivity contribution in [1.29, 1.82) is 5.26 Å². The smallest absolute Gasteiger partial charge is 0.164 e. The van der Waals surface area contributed by atoms with Crippen LogP contribution in [0.25, 0.3) is 11.4 Å². The molecule has 0 bridgehead atoms. The number of halogens is 1. The van der Waals surface area contributed by atoms with Crippen LogP contribution >= 0.6 is 15.9 Å². The minimum Gasteiger partial charge on any atom is -0.305 e. The number of hydrogen-bond acceptors (Lipinski definition) is 3. The van der Waals surface area contributed by atoms with Gasteiger partial charge in [0.1, 0.15) is 5.82 Å². The molecule has 0 amide bonds. The van der Waals surface area contributed by atoms with Gasteiger partial charge in [-0.2, -0.15) is 5.26 Å². The molecule has 0 radical (unpaired) electrons. The standard InChI is InChI=1S/C14H15BrN4/c1-14(2,3)19-12(8-15)17-18-13(19)11-6-4-10(9-16)5-7-11/h4-7H,8H2,1-3H3. The average molecular weight is 319 g/mol. The van der Waals surface area contributed by atoms with Crippen LogP contribution in [0.1, 0.15) is 32.2 Å². The summed E-state index contributed by atoms with van der Waals surface area (Å²) in [5.41, 5.74) is 1.51. The summed E-state index contributed by atoms with van der Waals surface area (Å²) in [5.74, 6) is 1.72. The van der Waals surface area contributed by atoms with Crippen molar-refractivity contribution in [3.05, 3.63) is 35.7 Å². The van der Waals surface area contributed by atoms with Crippen LogP contribution in [0.4, 0.5) is 0 Å². The largest absolute Gasteiger partial charge is 0.305 e. The Morgan fingerprint density at radius 2 is 1.84 bits per heavy atom. The predicted octanol–water partition coefficient (Wildman–Crippen LogP) is 3.47. The van der Waals surface area contributed by atoms with Gasteiger partial charge in [-0.15, -0.1) is 10.2 Å². The van der Waals surface area contributed by atoms with Gasteiger partial charge in [-0.3, -0.25) is 0 Å². The zero-order valence-electron chi connectivity index (χ0n) is 11.2. The minimum absolute atomic E-state index is 0.101. The first kappa shape index (κ1) is 13.8. The molecule has 4 nitrogen and oxygen atoms in total. The van der Waals surface area contributed by atoms with Crippen LogP contribution in [0.2, 0.25) is 0 Å². The lowest BCUT2D eigenvalue weighted by molar-refractivity contribution is 0.391. The SMILES string of the molecule is CC(C)(C)n1c(CBr)nnc1-c1ccc(C#N)cc1. The van der Waals surface area contributed by atoms with Crippen molar-refractivity contribution in [2.75, 3.05) is 0 Å². The van der Waals surface area contributed by atoms with Gasteiger partial charge in [-0.05, 0) is 45.0 Å². The van der Waals surface area contributed by atoms with Crippen LogP contribution in [-0.2, 0) is 10.9 Å². The fraction of sp³-hybridized carbons (Fsp3) is 0.357. The Morgan fingerprint density at radius 3 is 2.32 bits per heavy atom. The van der Waals surface area contributed by atoms with Gasteiger partial charge in [-0.1, -0.05) is 15.9 Å². The number of nitriles is 1. The van der Waals surface area contributed by atoms with Crippen molar-refractivity contribution in [1.82, 2.24) is 14.8 Å². The lowest BCUT2D eigenvalue weighted by atomic mass is 10.1. The third kappa shape index (κ3) is 2.69. The maximum atomic E-state index is 8.84. The maximum Gasteiger partial charge on any atom is 0.164 e. The maximum absolute atomic E-state index is 8.84. The molecule has 0 saturated carbocycles. The van der Waals surface area contributed by atoms with Crippen molar-refractivity contribution in [2.45, 2.75) is 31.6 Å². The van der Waals surface area contributed by atoms with E-state index in [0.717, 1.165) is 17.2 Å². The minimum atomic E-state index is -0.101. The zero-order valence-corrected chi connectivity index (χ0v) is 12.8. The first-order valence-corrected chi connectivity index (χ1v) is 7.11. The van der Waals surface area contributed by atoms with Crippen molar-refractivity contribution in [3.8, 4) is 17.5 Å². The topological polar surface area (TPSA) is 54.5 Å². The number of benzene rings is 1.